The van der Waals surface area contributed by atoms with Gasteiger partial charge in [-0.25, -0.2) is 0 Å². The van der Waals surface area contributed by atoms with Crippen molar-refractivity contribution in [2.45, 2.75) is 64.5 Å². The van der Waals surface area contributed by atoms with Gasteiger partial charge in [-0.2, -0.15) is 10.5 Å². The Kier molecular flexibility index (Phi) is 7.71. The number of likely N-dealkylation sites (tertiary alicyclic amines) is 3. The van der Waals surface area contributed by atoms with Crippen molar-refractivity contribution in [2.24, 2.45) is 16.8 Å². The van der Waals surface area contributed by atoms with E-state index in [0.717, 1.165) is 51.0 Å². The van der Waals surface area contributed by atoms with Gasteiger partial charge in [0.25, 0.3) is 0 Å². The molecule has 0 spiro atoms. The third-order valence-corrected chi connectivity index (χ3v) is 6.99. The molecule has 154 valence electrons. The molecule has 6 heteroatoms. The molecule has 0 amide bonds. The lowest BCUT2D eigenvalue weighted by molar-refractivity contribution is 0.173. The number of rotatable bonds is 6. The minimum Gasteiger partial charge on any atom is -0.358 e. The average molecular weight is 385 g/mol. The summed E-state index contributed by atoms with van der Waals surface area (Å²) in [5.41, 5.74) is 0. The van der Waals surface area contributed by atoms with Crippen LogP contribution in [0.5, 0.6) is 0 Å². The monoisotopic (exact) mass is 384 g/mol. The molecule has 0 aliphatic carbocycles. The highest BCUT2D eigenvalue weighted by molar-refractivity contribution is 5.89. The van der Waals surface area contributed by atoms with Gasteiger partial charge in [-0.05, 0) is 71.4 Å². The molecule has 3 rings (SSSR count). The fourth-order valence-electron chi connectivity index (χ4n) is 5.08. The summed E-state index contributed by atoms with van der Waals surface area (Å²) in [6.07, 6.45) is 7.46. The lowest BCUT2D eigenvalue weighted by Gasteiger charge is -2.36. The largest absolute Gasteiger partial charge is 0.358 e. The van der Waals surface area contributed by atoms with Crippen LogP contribution >= 0.6 is 0 Å². The molecule has 3 aliphatic rings. The van der Waals surface area contributed by atoms with Crippen molar-refractivity contribution in [3.63, 3.8) is 0 Å². The number of hydrogen-bond acceptors (Lipinski definition) is 5. The van der Waals surface area contributed by atoms with Crippen molar-refractivity contribution in [3.05, 3.63) is 0 Å². The van der Waals surface area contributed by atoms with Gasteiger partial charge in [0, 0.05) is 38.3 Å². The molecule has 3 heterocycles. The first-order chi connectivity index (χ1) is 13.6. The summed E-state index contributed by atoms with van der Waals surface area (Å²) >= 11 is 0. The first kappa shape index (κ1) is 21.1. The zero-order valence-electron chi connectivity index (χ0n) is 17.7. The number of amidine groups is 1. The van der Waals surface area contributed by atoms with Crippen LogP contribution < -0.4 is 0 Å². The summed E-state index contributed by atoms with van der Waals surface area (Å²) in [5, 5.41) is 18.9. The Labute approximate surface area is 170 Å². The van der Waals surface area contributed by atoms with Crippen LogP contribution in [0.25, 0.3) is 0 Å². The first-order valence-electron chi connectivity index (χ1n) is 11.2. The highest BCUT2D eigenvalue weighted by Gasteiger charge is 2.29. The SMILES string of the molecule is CC1CCCN1CC1CCN(C(=NCCN2CCC[C@@H]2C)C(C#N)C#N)CC1. The molecule has 0 radical (unpaired) electrons. The number of nitriles is 2. The Hall–Kier alpha value is -1.63. The van der Waals surface area contributed by atoms with Gasteiger partial charge in [0.05, 0.1) is 18.7 Å². The van der Waals surface area contributed by atoms with Crippen molar-refractivity contribution < 1.29 is 0 Å². The number of nitrogens with zero attached hydrogens (tertiary/aromatic N) is 6. The van der Waals surface area contributed by atoms with Crippen molar-refractivity contribution in [3.8, 4) is 12.1 Å². The van der Waals surface area contributed by atoms with Gasteiger partial charge in [-0.1, -0.05) is 0 Å². The number of hydrogen-bond donors (Lipinski definition) is 0. The highest BCUT2D eigenvalue weighted by atomic mass is 15.2. The van der Waals surface area contributed by atoms with E-state index < -0.39 is 5.92 Å². The lowest BCUT2D eigenvalue weighted by atomic mass is 9.95. The molecular formula is C22H36N6. The van der Waals surface area contributed by atoms with Crippen molar-refractivity contribution >= 4 is 5.84 Å². The third kappa shape index (κ3) is 5.25. The fourth-order valence-corrected chi connectivity index (χ4v) is 5.08. The maximum atomic E-state index is 9.45. The van der Waals surface area contributed by atoms with Gasteiger partial charge in [0.15, 0.2) is 5.92 Å². The molecule has 28 heavy (non-hydrogen) atoms. The lowest BCUT2D eigenvalue weighted by Crippen LogP contribution is -2.44. The predicted molar refractivity (Wildman–Crippen MR) is 112 cm³/mol. The van der Waals surface area contributed by atoms with Crippen LogP contribution in [-0.2, 0) is 0 Å². The molecule has 0 aromatic rings. The van der Waals surface area contributed by atoms with Gasteiger partial charge >= 0.3 is 0 Å². The first-order valence-corrected chi connectivity index (χ1v) is 11.2. The number of aliphatic imine (C=N–C) groups is 1. The molecule has 0 bridgehead atoms. The summed E-state index contributed by atoms with van der Waals surface area (Å²) in [6.45, 7) is 11.7. The van der Waals surface area contributed by atoms with Crippen LogP contribution in [0.15, 0.2) is 4.99 Å². The quantitative estimate of drug-likeness (QED) is 0.520. The highest BCUT2D eigenvalue weighted by Crippen LogP contribution is 2.24. The van der Waals surface area contributed by atoms with Crippen LogP contribution in [0.2, 0.25) is 0 Å². The van der Waals surface area contributed by atoms with Gasteiger partial charge in [0.2, 0.25) is 0 Å². The Morgan fingerprint density at radius 2 is 1.54 bits per heavy atom. The molecule has 3 saturated heterocycles. The summed E-state index contributed by atoms with van der Waals surface area (Å²) in [6, 6.07) is 5.67. The molecule has 0 aromatic heterocycles. The molecule has 6 nitrogen and oxygen atoms in total. The minimum atomic E-state index is -0.744. The molecule has 0 saturated carbocycles. The molecule has 2 atom stereocenters. The molecule has 0 N–H and O–H groups in total. The smallest absolute Gasteiger partial charge is 0.189 e. The second-order valence-electron chi connectivity index (χ2n) is 8.87. The number of piperidine rings is 1. The van der Waals surface area contributed by atoms with Crippen LogP contribution in [0, 0.1) is 34.5 Å². The van der Waals surface area contributed by atoms with Crippen molar-refractivity contribution in [2.75, 3.05) is 45.8 Å². The van der Waals surface area contributed by atoms with Crippen molar-refractivity contribution in [1.29, 1.82) is 10.5 Å². The van der Waals surface area contributed by atoms with Crippen molar-refractivity contribution in [1.82, 2.24) is 14.7 Å². The topological polar surface area (TPSA) is 69.7 Å². The standard InChI is InChI=1S/C22H36N6/c1-18-5-3-10-26(18)14-9-25-22(21(15-23)16-24)27-12-7-20(8-13-27)17-28-11-4-6-19(28)2/h18-21H,3-14,17H2,1-2H3/t18-,19?/m0/s1. The van der Waals surface area contributed by atoms with E-state index in [1.165, 1.54) is 38.8 Å². The summed E-state index contributed by atoms with van der Waals surface area (Å²) in [7, 11) is 0. The Morgan fingerprint density at radius 3 is 2.07 bits per heavy atom. The Bertz CT molecular complexity index is 595. The van der Waals surface area contributed by atoms with E-state index in [1.807, 2.05) is 0 Å². The second-order valence-corrected chi connectivity index (χ2v) is 8.87. The van der Waals surface area contributed by atoms with E-state index in [4.69, 9.17) is 4.99 Å². The Balaban J connectivity index is 1.54. The van der Waals surface area contributed by atoms with E-state index in [9.17, 15) is 10.5 Å². The van der Waals surface area contributed by atoms with E-state index in [1.54, 1.807) is 0 Å². The van der Waals surface area contributed by atoms with Gasteiger partial charge < -0.3 is 9.80 Å². The Morgan fingerprint density at radius 1 is 0.929 bits per heavy atom. The summed E-state index contributed by atoms with van der Waals surface area (Å²) < 4.78 is 0. The second kappa shape index (κ2) is 10.2. The van der Waals surface area contributed by atoms with Gasteiger partial charge in [-0.3, -0.25) is 9.89 Å². The average Bonchev–Trinajstić information content (AvgIpc) is 3.30. The maximum Gasteiger partial charge on any atom is 0.189 e. The van der Waals surface area contributed by atoms with Crippen LogP contribution in [0.3, 0.4) is 0 Å². The van der Waals surface area contributed by atoms with Gasteiger partial charge in [-0.15, -0.1) is 0 Å². The van der Waals surface area contributed by atoms with E-state index in [-0.39, 0.29) is 0 Å². The van der Waals surface area contributed by atoms with Crippen LogP contribution in [0.4, 0.5) is 0 Å². The van der Waals surface area contributed by atoms with Crippen LogP contribution in [-0.4, -0.2) is 78.4 Å². The fraction of sp³-hybridized carbons (Fsp3) is 0.864. The molecule has 3 fully saturated rings. The zero-order valence-corrected chi connectivity index (χ0v) is 17.7. The molecule has 0 aromatic carbocycles. The van der Waals surface area contributed by atoms with E-state index >= 15 is 0 Å². The van der Waals surface area contributed by atoms with Gasteiger partial charge in [0.1, 0.15) is 5.84 Å². The summed E-state index contributed by atoms with van der Waals surface area (Å²) in [5.74, 6) is 0.696. The van der Waals surface area contributed by atoms with E-state index in [0.29, 0.717) is 18.4 Å². The predicted octanol–water partition coefficient (Wildman–Crippen LogP) is 2.73. The minimum absolute atomic E-state index is 0.630. The normalized spacial score (nSPS) is 28.0. The molecular weight excluding hydrogens is 348 g/mol. The van der Waals surface area contributed by atoms with Crippen LogP contribution in [0.1, 0.15) is 52.4 Å². The maximum absolute atomic E-state index is 9.45. The molecule has 3 aliphatic heterocycles. The third-order valence-electron chi connectivity index (χ3n) is 6.99. The zero-order chi connectivity index (χ0) is 19.9. The summed E-state index contributed by atoms with van der Waals surface area (Å²) in [4.78, 5) is 12.1. The van der Waals surface area contributed by atoms with E-state index in [2.05, 4.69) is 40.7 Å². The molecule has 1 unspecified atom stereocenters.